The molecule has 1 aromatic carbocycles. The number of benzene rings is 1. The minimum atomic E-state index is -0.307. The van der Waals surface area contributed by atoms with Crippen LogP contribution in [0.4, 0.5) is 5.69 Å². The Balaban J connectivity index is 1.86. The van der Waals surface area contributed by atoms with Crippen molar-refractivity contribution in [2.45, 2.75) is 18.9 Å². The van der Waals surface area contributed by atoms with Crippen molar-refractivity contribution in [2.75, 3.05) is 32.1 Å². The van der Waals surface area contributed by atoms with Crippen molar-refractivity contribution >= 4 is 11.6 Å². The van der Waals surface area contributed by atoms with Crippen LogP contribution in [0.2, 0.25) is 0 Å². The number of piperidine rings is 1. The van der Waals surface area contributed by atoms with Crippen molar-refractivity contribution in [1.82, 2.24) is 4.90 Å². The molecule has 1 aromatic rings. The highest BCUT2D eigenvalue weighted by Crippen LogP contribution is 2.17. The molecular formula is C14H20N2O3. The molecule has 0 unspecified atom stereocenters. The van der Waals surface area contributed by atoms with Crippen LogP contribution in [0.1, 0.15) is 12.8 Å². The van der Waals surface area contributed by atoms with Gasteiger partial charge in [0.25, 0.3) is 0 Å². The predicted molar refractivity (Wildman–Crippen MR) is 73.3 cm³/mol. The van der Waals surface area contributed by atoms with Gasteiger partial charge >= 0.3 is 0 Å². The Hall–Kier alpha value is -1.59. The number of hydrogen-bond acceptors (Lipinski definition) is 4. The Morgan fingerprint density at radius 3 is 3.16 bits per heavy atom. The van der Waals surface area contributed by atoms with Crippen LogP contribution in [0.15, 0.2) is 24.3 Å². The zero-order valence-electron chi connectivity index (χ0n) is 11.1. The second-order valence-electron chi connectivity index (χ2n) is 4.81. The molecule has 5 nitrogen and oxygen atoms in total. The fourth-order valence-electron chi connectivity index (χ4n) is 2.28. The topological polar surface area (TPSA) is 61.8 Å². The first kappa shape index (κ1) is 13.8. The number of aliphatic hydroxyl groups is 1. The standard InChI is InChI=1S/C14H20N2O3/c1-19-13-6-2-4-11(8-13)15-14(18)10-16-7-3-5-12(17)9-16/h2,4,6,8,12,17H,3,5,7,9-10H2,1H3,(H,15,18)/t12-/m1/s1. The molecule has 1 fully saturated rings. The van der Waals surface area contributed by atoms with Crippen LogP contribution in [0, 0.1) is 0 Å². The summed E-state index contributed by atoms with van der Waals surface area (Å²) in [4.78, 5) is 13.9. The summed E-state index contributed by atoms with van der Waals surface area (Å²) in [6, 6.07) is 7.27. The van der Waals surface area contributed by atoms with E-state index in [4.69, 9.17) is 4.74 Å². The minimum absolute atomic E-state index is 0.0673. The number of hydrogen-bond donors (Lipinski definition) is 2. The third-order valence-corrected chi connectivity index (χ3v) is 3.20. The Labute approximate surface area is 113 Å². The Morgan fingerprint density at radius 2 is 2.42 bits per heavy atom. The average Bonchev–Trinajstić information content (AvgIpc) is 2.38. The smallest absolute Gasteiger partial charge is 0.238 e. The van der Waals surface area contributed by atoms with Gasteiger partial charge < -0.3 is 15.2 Å². The van der Waals surface area contributed by atoms with Crippen LogP contribution in [0.5, 0.6) is 5.75 Å². The number of likely N-dealkylation sites (tertiary alicyclic amines) is 1. The minimum Gasteiger partial charge on any atom is -0.497 e. The lowest BCUT2D eigenvalue weighted by molar-refractivity contribution is -0.118. The van der Waals surface area contributed by atoms with Crippen molar-refractivity contribution < 1.29 is 14.6 Å². The molecule has 1 aliphatic heterocycles. The number of nitrogens with zero attached hydrogens (tertiary/aromatic N) is 1. The van der Waals surface area contributed by atoms with Crippen LogP contribution in [0.3, 0.4) is 0 Å². The maximum atomic E-state index is 11.9. The summed E-state index contributed by atoms with van der Waals surface area (Å²) in [5.74, 6) is 0.647. The maximum absolute atomic E-state index is 11.9. The SMILES string of the molecule is COc1cccc(NC(=O)CN2CCC[C@@H](O)C2)c1. The van der Waals surface area contributed by atoms with Gasteiger partial charge in [-0.05, 0) is 31.5 Å². The van der Waals surface area contributed by atoms with Gasteiger partial charge in [0, 0.05) is 18.3 Å². The Bertz CT molecular complexity index is 436. The molecule has 0 saturated carbocycles. The molecule has 19 heavy (non-hydrogen) atoms. The molecule has 5 heteroatoms. The number of carbonyl (C=O) groups is 1. The van der Waals surface area contributed by atoms with Crippen molar-refractivity contribution in [3.63, 3.8) is 0 Å². The van der Waals surface area contributed by atoms with E-state index in [9.17, 15) is 9.90 Å². The van der Waals surface area contributed by atoms with Gasteiger partial charge in [-0.25, -0.2) is 0 Å². The maximum Gasteiger partial charge on any atom is 0.238 e. The summed E-state index contributed by atoms with van der Waals surface area (Å²) in [6.07, 6.45) is 1.46. The normalized spacial score (nSPS) is 20.0. The van der Waals surface area contributed by atoms with Crippen LogP contribution in [-0.2, 0) is 4.79 Å². The van der Waals surface area contributed by atoms with Gasteiger partial charge in [-0.15, -0.1) is 0 Å². The third-order valence-electron chi connectivity index (χ3n) is 3.20. The van der Waals surface area contributed by atoms with E-state index in [0.29, 0.717) is 18.8 Å². The Morgan fingerprint density at radius 1 is 1.58 bits per heavy atom. The number of carbonyl (C=O) groups excluding carboxylic acids is 1. The van der Waals surface area contributed by atoms with Gasteiger partial charge in [-0.3, -0.25) is 9.69 Å². The van der Waals surface area contributed by atoms with Crippen LogP contribution in [0.25, 0.3) is 0 Å². The number of anilines is 1. The van der Waals surface area contributed by atoms with E-state index in [2.05, 4.69) is 5.32 Å². The molecule has 1 aliphatic rings. The summed E-state index contributed by atoms with van der Waals surface area (Å²) in [7, 11) is 1.59. The summed E-state index contributed by atoms with van der Waals surface area (Å²) in [5.41, 5.74) is 0.724. The molecular weight excluding hydrogens is 244 g/mol. The molecule has 0 radical (unpaired) electrons. The highest BCUT2D eigenvalue weighted by molar-refractivity contribution is 5.92. The van der Waals surface area contributed by atoms with Crippen molar-refractivity contribution in [3.8, 4) is 5.75 Å². The van der Waals surface area contributed by atoms with E-state index >= 15 is 0 Å². The number of ether oxygens (including phenoxy) is 1. The zero-order chi connectivity index (χ0) is 13.7. The van der Waals surface area contributed by atoms with E-state index in [1.807, 2.05) is 23.1 Å². The zero-order valence-corrected chi connectivity index (χ0v) is 11.1. The second kappa shape index (κ2) is 6.54. The van der Waals surface area contributed by atoms with E-state index in [-0.39, 0.29) is 12.0 Å². The molecule has 0 spiro atoms. The molecule has 1 atom stereocenters. The second-order valence-corrected chi connectivity index (χ2v) is 4.81. The van der Waals surface area contributed by atoms with E-state index in [1.54, 1.807) is 13.2 Å². The lowest BCUT2D eigenvalue weighted by atomic mass is 10.1. The summed E-state index contributed by atoms with van der Waals surface area (Å²) >= 11 is 0. The number of amides is 1. The summed E-state index contributed by atoms with van der Waals surface area (Å²) < 4.78 is 5.11. The molecule has 2 rings (SSSR count). The fraction of sp³-hybridized carbons (Fsp3) is 0.500. The average molecular weight is 264 g/mol. The quantitative estimate of drug-likeness (QED) is 0.854. The molecule has 2 N–H and O–H groups in total. The van der Waals surface area contributed by atoms with Gasteiger partial charge in [0.05, 0.1) is 19.8 Å². The van der Waals surface area contributed by atoms with Crippen molar-refractivity contribution in [2.24, 2.45) is 0 Å². The molecule has 0 aliphatic carbocycles. The van der Waals surface area contributed by atoms with Crippen LogP contribution in [-0.4, -0.2) is 48.8 Å². The van der Waals surface area contributed by atoms with Gasteiger partial charge in [0.15, 0.2) is 0 Å². The fourth-order valence-corrected chi connectivity index (χ4v) is 2.28. The number of rotatable bonds is 4. The lowest BCUT2D eigenvalue weighted by Crippen LogP contribution is -2.42. The van der Waals surface area contributed by atoms with Crippen LogP contribution >= 0.6 is 0 Å². The highest BCUT2D eigenvalue weighted by atomic mass is 16.5. The summed E-state index contributed by atoms with van der Waals surface area (Å²) in [5, 5.41) is 12.4. The van der Waals surface area contributed by atoms with Gasteiger partial charge in [0.2, 0.25) is 5.91 Å². The molecule has 0 bridgehead atoms. The molecule has 0 aromatic heterocycles. The van der Waals surface area contributed by atoms with Gasteiger partial charge in [0.1, 0.15) is 5.75 Å². The number of methoxy groups -OCH3 is 1. The summed E-state index contributed by atoms with van der Waals surface area (Å²) in [6.45, 7) is 1.75. The predicted octanol–water partition coefficient (Wildman–Crippen LogP) is 1.09. The molecule has 1 heterocycles. The van der Waals surface area contributed by atoms with Gasteiger partial charge in [-0.2, -0.15) is 0 Å². The first-order valence-corrected chi connectivity index (χ1v) is 6.51. The van der Waals surface area contributed by atoms with Crippen LogP contribution < -0.4 is 10.1 Å². The van der Waals surface area contributed by atoms with Crippen molar-refractivity contribution in [1.29, 1.82) is 0 Å². The third kappa shape index (κ3) is 4.22. The van der Waals surface area contributed by atoms with Crippen molar-refractivity contribution in [3.05, 3.63) is 24.3 Å². The van der Waals surface area contributed by atoms with E-state index < -0.39 is 0 Å². The first-order chi connectivity index (χ1) is 9.17. The van der Waals surface area contributed by atoms with E-state index in [1.165, 1.54) is 0 Å². The number of nitrogens with one attached hydrogen (secondary N) is 1. The first-order valence-electron chi connectivity index (χ1n) is 6.51. The monoisotopic (exact) mass is 264 g/mol. The van der Waals surface area contributed by atoms with Gasteiger partial charge in [-0.1, -0.05) is 6.07 Å². The Kier molecular flexibility index (Phi) is 4.76. The molecule has 1 amide bonds. The number of aliphatic hydroxyl groups excluding tert-OH is 1. The van der Waals surface area contributed by atoms with E-state index in [0.717, 1.165) is 25.1 Å². The largest absolute Gasteiger partial charge is 0.497 e. The molecule has 104 valence electrons. The molecule has 1 saturated heterocycles. The lowest BCUT2D eigenvalue weighted by Gasteiger charge is -2.29. The number of β-amino-alcohol motifs (C(OH)–C–C–N with tert-alkyl or cyclic N) is 1. The highest BCUT2D eigenvalue weighted by Gasteiger charge is 2.19.